The fourth-order valence-corrected chi connectivity index (χ4v) is 8.30. The van der Waals surface area contributed by atoms with E-state index in [9.17, 15) is 28.7 Å². The van der Waals surface area contributed by atoms with Gasteiger partial charge in [0, 0.05) is 5.92 Å². The van der Waals surface area contributed by atoms with Crippen LogP contribution in [-0.2, 0) is 25.7 Å². The van der Waals surface area contributed by atoms with Crippen LogP contribution in [0.3, 0.4) is 0 Å². The smallest absolute Gasteiger partial charge is 0.241 e. The molecule has 6 atom stereocenters. The van der Waals surface area contributed by atoms with Crippen LogP contribution in [0.25, 0.3) is 0 Å². The standard InChI is InChI=1S/C35H30ClFN2O6/c1-35-24(32(42)39(34(35)44)20-9-12-26(37)25(36)15-20)16-23-21(30(35)19-8-13-27(40)28(14-19)45-2)10-11-22-29(23)33(43)38(31(22)41)17-18-6-4-3-5-7-18/h3-10,12-15,22-24,29-30,40H,11,16-17H2,1-2H3. The molecule has 4 aliphatic rings. The Morgan fingerprint density at radius 3 is 2.44 bits per heavy atom. The second-order valence-corrected chi connectivity index (χ2v) is 12.8. The number of fused-ring (bicyclic) bond motifs is 4. The summed E-state index contributed by atoms with van der Waals surface area (Å²) in [7, 11) is 1.42. The number of amides is 4. The number of methoxy groups -OCH3 is 1. The Hall–Kier alpha value is -4.50. The Labute approximate surface area is 264 Å². The number of benzene rings is 3. The third-order valence-corrected chi connectivity index (χ3v) is 10.5. The molecule has 8 nitrogen and oxygen atoms in total. The number of allylic oxidation sites excluding steroid dienone is 2. The first-order valence-corrected chi connectivity index (χ1v) is 15.2. The molecule has 0 aromatic heterocycles. The first kappa shape index (κ1) is 29.2. The number of imide groups is 2. The van der Waals surface area contributed by atoms with Gasteiger partial charge in [-0.15, -0.1) is 0 Å². The van der Waals surface area contributed by atoms with Crippen molar-refractivity contribution in [2.75, 3.05) is 12.0 Å². The van der Waals surface area contributed by atoms with E-state index in [1.165, 1.54) is 30.2 Å². The lowest BCUT2D eigenvalue weighted by Gasteiger charge is -2.49. The van der Waals surface area contributed by atoms with Crippen molar-refractivity contribution in [3.63, 3.8) is 0 Å². The van der Waals surface area contributed by atoms with Gasteiger partial charge in [0.15, 0.2) is 11.5 Å². The van der Waals surface area contributed by atoms with Crippen molar-refractivity contribution in [3.05, 3.63) is 100 Å². The van der Waals surface area contributed by atoms with Gasteiger partial charge in [-0.2, -0.15) is 0 Å². The van der Waals surface area contributed by atoms with Crippen molar-refractivity contribution in [3.8, 4) is 11.5 Å². The zero-order chi connectivity index (χ0) is 31.8. The van der Waals surface area contributed by atoms with Gasteiger partial charge in [-0.3, -0.25) is 24.1 Å². The predicted octanol–water partition coefficient (Wildman–Crippen LogP) is 5.62. The van der Waals surface area contributed by atoms with E-state index in [0.29, 0.717) is 12.0 Å². The zero-order valence-electron chi connectivity index (χ0n) is 24.6. The predicted molar refractivity (Wildman–Crippen MR) is 163 cm³/mol. The number of carbonyl (C=O) groups excluding carboxylic acids is 4. The lowest BCUT2D eigenvalue weighted by atomic mass is 9.51. The number of likely N-dealkylation sites (tertiary alicyclic amines) is 1. The Morgan fingerprint density at radius 1 is 0.978 bits per heavy atom. The maximum absolute atomic E-state index is 14.5. The van der Waals surface area contributed by atoms with Gasteiger partial charge < -0.3 is 9.84 Å². The molecule has 2 heterocycles. The summed E-state index contributed by atoms with van der Waals surface area (Å²) in [5.41, 5.74) is 1.13. The van der Waals surface area contributed by atoms with Crippen LogP contribution in [0.1, 0.15) is 36.8 Å². The molecule has 0 radical (unpaired) electrons. The van der Waals surface area contributed by atoms with E-state index in [4.69, 9.17) is 16.3 Å². The first-order chi connectivity index (χ1) is 21.6. The summed E-state index contributed by atoms with van der Waals surface area (Å²) in [5.74, 6) is -5.32. The molecule has 10 heteroatoms. The number of hydrogen-bond acceptors (Lipinski definition) is 6. The number of rotatable bonds is 5. The number of hydrogen-bond donors (Lipinski definition) is 1. The molecule has 3 aromatic rings. The second kappa shape index (κ2) is 10.5. The van der Waals surface area contributed by atoms with Gasteiger partial charge in [0.1, 0.15) is 5.82 Å². The molecular formula is C35H30ClFN2O6. The Morgan fingerprint density at radius 2 is 1.73 bits per heavy atom. The molecule has 2 saturated heterocycles. The summed E-state index contributed by atoms with van der Waals surface area (Å²) >= 11 is 6.06. The Kier molecular flexibility index (Phi) is 6.85. The van der Waals surface area contributed by atoms with E-state index in [-0.39, 0.29) is 47.0 Å². The fraction of sp³-hybridized carbons (Fsp3) is 0.314. The SMILES string of the molecule is COc1cc(C2C3=CCC4C(=O)N(Cc5ccccc5)C(=O)C4C3CC3C(=O)N(c4ccc(F)c(Cl)c4)C(=O)C32C)ccc1O. The number of halogens is 2. The van der Waals surface area contributed by atoms with E-state index in [2.05, 4.69) is 0 Å². The van der Waals surface area contributed by atoms with Crippen molar-refractivity contribution in [2.45, 2.75) is 32.2 Å². The quantitative estimate of drug-likeness (QED) is 0.290. The largest absolute Gasteiger partial charge is 0.504 e. The summed E-state index contributed by atoms with van der Waals surface area (Å²) < 4.78 is 19.5. The lowest BCUT2D eigenvalue weighted by Crippen LogP contribution is -2.48. The number of nitrogens with zero attached hydrogens (tertiary/aromatic N) is 2. The summed E-state index contributed by atoms with van der Waals surface area (Å²) in [6.45, 7) is 1.91. The van der Waals surface area contributed by atoms with Gasteiger partial charge in [0.25, 0.3) is 0 Å². The van der Waals surface area contributed by atoms with E-state index >= 15 is 0 Å². The average Bonchev–Trinajstić information content (AvgIpc) is 3.39. The number of phenols is 1. The van der Waals surface area contributed by atoms with Gasteiger partial charge >= 0.3 is 0 Å². The molecule has 7 rings (SSSR count). The summed E-state index contributed by atoms with van der Waals surface area (Å²) in [5, 5.41) is 10.2. The molecule has 230 valence electrons. The number of ether oxygens (including phenoxy) is 1. The van der Waals surface area contributed by atoms with Gasteiger partial charge in [-0.1, -0.05) is 59.6 Å². The molecular weight excluding hydrogens is 599 g/mol. The van der Waals surface area contributed by atoms with Gasteiger partial charge in [-0.05, 0) is 67.1 Å². The fourth-order valence-electron chi connectivity index (χ4n) is 8.13. The average molecular weight is 629 g/mol. The topological polar surface area (TPSA) is 104 Å². The van der Waals surface area contributed by atoms with Crippen LogP contribution in [-0.4, -0.2) is 40.7 Å². The minimum Gasteiger partial charge on any atom is -0.504 e. The third-order valence-electron chi connectivity index (χ3n) is 10.2. The minimum atomic E-state index is -1.30. The molecule has 0 spiro atoms. The van der Waals surface area contributed by atoms with E-state index in [1.54, 1.807) is 19.1 Å². The van der Waals surface area contributed by atoms with E-state index < -0.39 is 52.6 Å². The molecule has 3 fully saturated rings. The van der Waals surface area contributed by atoms with Crippen molar-refractivity contribution >= 4 is 40.9 Å². The number of carbonyl (C=O) groups is 4. The van der Waals surface area contributed by atoms with Crippen LogP contribution in [0.15, 0.2) is 78.4 Å². The van der Waals surface area contributed by atoms with Crippen LogP contribution in [0.4, 0.5) is 10.1 Å². The maximum atomic E-state index is 14.5. The molecule has 1 N–H and O–H groups in total. The van der Waals surface area contributed by atoms with Crippen LogP contribution >= 0.6 is 11.6 Å². The first-order valence-electron chi connectivity index (χ1n) is 14.9. The number of anilines is 1. The van der Waals surface area contributed by atoms with Crippen molar-refractivity contribution in [2.24, 2.45) is 29.1 Å². The zero-order valence-corrected chi connectivity index (χ0v) is 25.3. The van der Waals surface area contributed by atoms with Crippen LogP contribution in [0, 0.1) is 34.9 Å². The normalized spacial score (nSPS) is 29.0. The molecule has 2 aliphatic carbocycles. The van der Waals surface area contributed by atoms with E-state index in [1.807, 2.05) is 36.4 Å². The summed E-state index contributed by atoms with van der Waals surface area (Å²) in [6, 6.07) is 17.9. The molecule has 0 bridgehead atoms. The molecule has 4 amide bonds. The highest BCUT2D eigenvalue weighted by Gasteiger charge is 2.67. The number of phenolic OH excluding ortho intramolecular Hbond substituents is 1. The van der Waals surface area contributed by atoms with Gasteiger partial charge in [0.05, 0.1) is 47.5 Å². The number of aromatic hydroxyl groups is 1. The molecule has 3 aromatic carbocycles. The third kappa shape index (κ3) is 4.24. The van der Waals surface area contributed by atoms with Crippen molar-refractivity contribution in [1.82, 2.24) is 4.90 Å². The molecule has 45 heavy (non-hydrogen) atoms. The highest BCUT2D eigenvalue weighted by atomic mass is 35.5. The highest BCUT2D eigenvalue weighted by molar-refractivity contribution is 6.31. The maximum Gasteiger partial charge on any atom is 0.241 e. The molecule has 2 aliphatic heterocycles. The van der Waals surface area contributed by atoms with Crippen LogP contribution in [0.5, 0.6) is 11.5 Å². The van der Waals surface area contributed by atoms with E-state index in [0.717, 1.165) is 22.1 Å². The molecule has 1 saturated carbocycles. The van der Waals surface area contributed by atoms with Gasteiger partial charge in [-0.25, -0.2) is 9.29 Å². The highest BCUT2D eigenvalue weighted by Crippen LogP contribution is 2.64. The summed E-state index contributed by atoms with van der Waals surface area (Å²) in [4.78, 5) is 58.9. The minimum absolute atomic E-state index is 0.0856. The van der Waals surface area contributed by atoms with Crippen LogP contribution in [0.2, 0.25) is 5.02 Å². The van der Waals surface area contributed by atoms with Gasteiger partial charge in [0.2, 0.25) is 23.6 Å². The summed E-state index contributed by atoms with van der Waals surface area (Å²) in [6.07, 6.45) is 2.46. The monoisotopic (exact) mass is 628 g/mol. The molecule has 6 unspecified atom stereocenters. The second-order valence-electron chi connectivity index (χ2n) is 12.4. The lowest BCUT2D eigenvalue weighted by molar-refractivity contribution is -0.141. The Balaban J connectivity index is 1.35. The van der Waals surface area contributed by atoms with Crippen molar-refractivity contribution < 1.29 is 33.4 Å². The van der Waals surface area contributed by atoms with Crippen molar-refractivity contribution in [1.29, 1.82) is 0 Å². The Bertz CT molecular complexity index is 1810. The van der Waals surface area contributed by atoms with Crippen LogP contribution < -0.4 is 9.64 Å².